The topological polar surface area (TPSA) is 32.3 Å². The zero-order valence-corrected chi connectivity index (χ0v) is 13.4. The highest BCUT2D eigenvalue weighted by atomic mass is 16.2. The number of hydrogen-bond donors (Lipinski definition) is 1. The van der Waals surface area contributed by atoms with Crippen LogP contribution in [-0.2, 0) is 4.79 Å². The van der Waals surface area contributed by atoms with E-state index in [9.17, 15) is 4.79 Å². The quantitative estimate of drug-likeness (QED) is 0.919. The zero-order valence-electron chi connectivity index (χ0n) is 13.4. The van der Waals surface area contributed by atoms with Crippen molar-refractivity contribution in [2.75, 3.05) is 0 Å². The van der Waals surface area contributed by atoms with Gasteiger partial charge in [0.1, 0.15) is 6.17 Å². The van der Waals surface area contributed by atoms with E-state index in [1.54, 1.807) is 0 Å². The van der Waals surface area contributed by atoms with E-state index >= 15 is 0 Å². The molecule has 2 fully saturated rings. The average molecular weight is 286 g/mol. The summed E-state index contributed by atoms with van der Waals surface area (Å²) in [5.41, 5.74) is 3.82. The molecule has 114 valence electrons. The summed E-state index contributed by atoms with van der Waals surface area (Å²) in [6, 6.07) is 7.00. The fourth-order valence-corrected chi connectivity index (χ4v) is 3.57. The van der Waals surface area contributed by atoms with E-state index in [0.717, 1.165) is 25.7 Å². The molecular formula is C18H26N2O. The predicted molar refractivity (Wildman–Crippen MR) is 85.0 cm³/mol. The van der Waals surface area contributed by atoms with E-state index in [1.165, 1.54) is 23.1 Å². The van der Waals surface area contributed by atoms with Gasteiger partial charge in [0.05, 0.1) is 6.04 Å². The van der Waals surface area contributed by atoms with E-state index in [-0.39, 0.29) is 12.2 Å². The number of rotatable bonds is 4. The van der Waals surface area contributed by atoms with Crippen LogP contribution >= 0.6 is 0 Å². The van der Waals surface area contributed by atoms with Crippen LogP contribution in [0.4, 0.5) is 0 Å². The molecule has 3 rings (SSSR count). The van der Waals surface area contributed by atoms with Gasteiger partial charge in [-0.3, -0.25) is 10.1 Å². The van der Waals surface area contributed by atoms with Gasteiger partial charge in [0, 0.05) is 6.04 Å². The monoisotopic (exact) mass is 286 g/mol. The first kappa shape index (κ1) is 14.6. The van der Waals surface area contributed by atoms with Gasteiger partial charge in [-0.1, -0.05) is 37.1 Å². The van der Waals surface area contributed by atoms with Crippen LogP contribution in [0.1, 0.15) is 61.9 Å². The first-order chi connectivity index (χ1) is 10.1. The van der Waals surface area contributed by atoms with Crippen molar-refractivity contribution in [2.24, 2.45) is 0 Å². The lowest BCUT2D eigenvalue weighted by atomic mass is 9.90. The normalized spacial score (nSPS) is 26.2. The number of nitrogens with zero attached hydrogens (tertiary/aromatic N) is 1. The molecule has 1 aliphatic heterocycles. The van der Waals surface area contributed by atoms with Gasteiger partial charge in [-0.2, -0.15) is 0 Å². The molecule has 0 spiro atoms. The summed E-state index contributed by atoms with van der Waals surface area (Å²) in [6.45, 7) is 6.42. The molecule has 1 aromatic rings. The van der Waals surface area contributed by atoms with Crippen molar-refractivity contribution in [3.8, 4) is 0 Å². The van der Waals surface area contributed by atoms with Gasteiger partial charge in [0.25, 0.3) is 0 Å². The third kappa shape index (κ3) is 2.59. The molecule has 3 heteroatoms. The van der Waals surface area contributed by atoms with Crippen molar-refractivity contribution in [3.05, 3.63) is 34.9 Å². The van der Waals surface area contributed by atoms with Crippen molar-refractivity contribution in [3.63, 3.8) is 0 Å². The van der Waals surface area contributed by atoms with Gasteiger partial charge in [0.2, 0.25) is 5.91 Å². The summed E-state index contributed by atoms with van der Waals surface area (Å²) in [5, 5.41) is 3.59. The Kier molecular flexibility index (Phi) is 4.03. The Hall–Kier alpha value is -1.35. The highest BCUT2D eigenvalue weighted by molar-refractivity contribution is 5.85. The second-order valence-corrected chi connectivity index (χ2v) is 6.60. The maximum atomic E-state index is 12.8. The molecule has 3 nitrogen and oxygen atoms in total. The molecule has 1 saturated heterocycles. The van der Waals surface area contributed by atoms with Gasteiger partial charge in [-0.05, 0) is 50.7 Å². The molecule has 1 aromatic carbocycles. The van der Waals surface area contributed by atoms with Gasteiger partial charge in [-0.25, -0.2) is 0 Å². The van der Waals surface area contributed by atoms with Crippen LogP contribution < -0.4 is 5.32 Å². The standard InChI is InChI=1S/C18H26N2O/c1-4-6-16-18(21)20(14-7-5-8-14)17(19-16)15-10-9-12(2)11-13(15)3/h9-11,14,16-17,19H,4-8H2,1-3H3. The Bertz CT molecular complexity index is 536. The molecule has 0 bridgehead atoms. The second kappa shape index (κ2) is 5.80. The lowest BCUT2D eigenvalue weighted by molar-refractivity contribution is -0.134. The molecule has 2 atom stereocenters. The number of benzene rings is 1. The van der Waals surface area contributed by atoms with Gasteiger partial charge >= 0.3 is 0 Å². The van der Waals surface area contributed by atoms with Crippen LogP contribution in [0.25, 0.3) is 0 Å². The molecule has 2 unspecified atom stereocenters. The van der Waals surface area contributed by atoms with Crippen molar-refractivity contribution >= 4 is 5.91 Å². The van der Waals surface area contributed by atoms with Gasteiger partial charge < -0.3 is 4.90 Å². The number of nitrogens with one attached hydrogen (secondary N) is 1. The van der Waals surface area contributed by atoms with E-state index in [1.807, 2.05) is 0 Å². The molecule has 0 radical (unpaired) electrons. The SMILES string of the molecule is CCCC1NC(c2ccc(C)cc2C)N(C2CCC2)C1=O. The Labute approximate surface area is 127 Å². The Balaban J connectivity index is 1.92. The van der Waals surface area contributed by atoms with E-state index < -0.39 is 0 Å². The minimum atomic E-state index is 0.00121. The second-order valence-electron chi connectivity index (χ2n) is 6.60. The molecular weight excluding hydrogens is 260 g/mol. The van der Waals surface area contributed by atoms with Crippen molar-refractivity contribution in [1.29, 1.82) is 0 Å². The highest BCUT2D eigenvalue weighted by Gasteiger charge is 2.44. The molecule has 1 N–H and O–H groups in total. The summed E-state index contributed by atoms with van der Waals surface area (Å²) in [4.78, 5) is 14.9. The predicted octanol–water partition coefficient (Wildman–Crippen LogP) is 3.46. The largest absolute Gasteiger partial charge is 0.319 e. The average Bonchev–Trinajstić information content (AvgIpc) is 2.67. The van der Waals surface area contributed by atoms with Crippen LogP contribution in [0, 0.1) is 13.8 Å². The van der Waals surface area contributed by atoms with Crippen molar-refractivity contribution in [1.82, 2.24) is 10.2 Å². The highest BCUT2D eigenvalue weighted by Crippen LogP contribution is 2.37. The Morgan fingerprint density at radius 2 is 2.05 bits per heavy atom. The van der Waals surface area contributed by atoms with Crippen LogP contribution in [0.15, 0.2) is 18.2 Å². The minimum absolute atomic E-state index is 0.00121. The van der Waals surface area contributed by atoms with Crippen LogP contribution in [0.5, 0.6) is 0 Å². The molecule has 0 aromatic heterocycles. The maximum absolute atomic E-state index is 12.8. The first-order valence-corrected chi connectivity index (χ1v) is 8.27. The van der Waals surface area contributed by atoms with Crippen LogP contribution in [-0.4, -0.2) is 22.9 Å². The third-order valence-electron chi connectivity index (χ3n) is 4.96. The first-order valence-electron chi connectivity index (χ1n) is 8.27. The van der Waals surface area contributed by atoms with Crippen molar-refractivity contribution < 1.29 is 4.79 Å². The Morgan fingerprint density at radius 1 is 1.29 bits per heavy atom. The van der Waals surface area contributed by atoms with Crippen LogP contribution in [0.2, 0.25) is 0 Å². The Morgan fingerprint density at radius 3 is 2.62 bits per heavy atom. The molecule has 1 amide bonds. The van der Waals surface area contributed by atoms with E-state index in [2.05, 4.69) is 49.2 Å². The van der Waals surface area contributed by atoms with Crippen molar-refractivity contribution in [2.45, 2.75) is 71.1 Å². The molecule has 1 saturated carbocycles. The summed E-state index contributed by atoms with van der Waals surface area (Å²) in [5.74, 6) is 0.312. The van der Waals surface area contributed by atoms with Gasteiger partial charge in [0.15, 0.2) is 0 Å². The zero-order chi connectivity index (χ0) is 15.0. The molecule has 1 aliphatic carbocycles. The fraction of sp³-hybridized carbons (Fsp3) is 0.611. The summed E-state index contributed by atoms with van der Waals surface area (Å²) >= 11 is 0. The van der Waals surface area contributed by atoms with Gasteiger partial charge in [-0.15, -0.1) is 0 Å². The minimum Gasteiger partial charge on any atom is -0.319 e. The number of carbonyl (C=O) groups is 1. The summed E-state index contributed by atoms with van der Waals surface area (Å²) in [6.07, 6.45) is 5.62. The van der Waals surface area contributed by atoms with E-state index in [0.29, 0.717) is 11.9 Å². The number of amides is 1. The number of aryl methyl sites for hydroxylation is 2. The molecule has 2 aliphatic rings. The number of carbonyl (C=O) groups excluding carboxylic acids is 1. The lowest BCUT2D eigenvalue weighted by Gasteiger charge is -2.38. The summed E-state index contributed by atoms with van der Waals surface area (Å²) < 4.78 is 0. The van der Waals surface area contributed by atoms with E-state index in [4.69, 9.17) is 0 Å². The summed E-state index contributed by atoms with van der Waals surface area (Å²) in [7, 11) is 0. The fourth-order valence-electron chi connectivity index (χ4n) is 3.57. The maximum Gasteiger partial charge on any atom is 0.241 e. The smallest absolute Gasteiger partial charge is 0.241 e. The molecule has 1 heterocycles. The molecule has 21 heavy (non-hydrogen) atoms. The lowest BCUT2D eigenvalue weighted by Crippen LogP contribution is -2.44. The van der Waals surface area contributed by atoms with Crippen LogP contribution in [0.3, 0.4) is 0 Å². The number of hydrogen-bond acceptors (Lipinski definition) is 2. The third-order valence-corrected chi connectivity index (χ3v) is 4.96.